The Morgan fingerprint density at radius 2 is 1.89 bits per heavy atom. The van der Waals surface area contributed by atoms with E-state index in [9.17, 15) is 9.18 Å². The molecule has 0 aliphatic heterocycles. The molecule has 3 heteroatoms. The molecule has 0 fully saturated rings. The smallest absolute Gasteiger partial charge is 0.167 e. The van der Waals surface area contributed by atoms with Gasteiger partial charge in [-0.2, -0.15) is 0 Å². The molecular weight excluding hydrogens is 263 g/mol. The van der Waals surface area contributed by atoms with Crippen molar-refractivity contribution in [1.29, 1.82) is 0 Å². The number of carbonyl (C=O) groups is 1. The molecule has 1 nitrogen and oxygen atoms in total. The molecule has 98 valence electrons. The monoisotopic (exact) mass is 276 g/mol. The minimum absolute atomic E-state index is 0.0227. The van der Waals surface area contributed by atoms with E-state index in [0.717, 1.165) is 11.1 Å². The van der Waals surface area contributed by atoms with Crippen molar-refractivity contribution in [3.63, 3.8) is 0 Å². The molecule has 0 bridgehead atoms. The first-order valence-corrected chi connectivity index (χ1v) is 6.40. The van der Waals surface area contributed by atoms with Crippen LogP contribution in [0.2, 0.25) is 5.02 Å². The molecule has 0 unspecified atom stereocenters. The largest absolute Gasteiger partial charge is 0.294 e. The van der Waals surface area contributed by atoms with Crippen molar-refractivity contribution in [1.82, 2.24) is 0 Å². The highest BCUT2D eigenvalue weighted by Crippen LogP contribution is 2.20. The van der Waals surface area contributed by atoms with Crippen molar-refractivity contribution in [3.8, 4) is 0 Å². The molecular formula is C16H14ClFO. The van der Waals surface area contributed by atoms with Gasteiger partial charge in [0.05, 0.1) is 5.02 Å². The maximum atomic E-state index is 13.7. The van der Waals surface area contributed by atoms with Gasteiger partial charge in [0.25, 0.3) is 0 Å². The first-order chi connectivity index (χ1) is 8.99. The van der Waals surface area contributed by atoms with Crippen molar-refractivity contribution in [2.45, 2.75) is 20.3 Å². The van der Waals surface area contributed by atoms with Crippen molar-refractivity contribution in [2.75, 3.05) is 0 Å². The Morgan fingerprint density at radius 1 is 1.16 bits per heavy atom. The van der Waals surface area contributed by atoms with E-state index in [1.54, 1.807) is 18.2 Å². The van der Waals surface area contributed by atoms with Gasteiger partial charge in [0.15, 0.2) is 5.78 Å². The minimum Gasteiger partial charge on any atom is -0.294 e. The molecule has 2 aromatic carbocycles. The van der Waals surface area contributed by atoms with Crippen LogP contribution in [0.3, 0.4) is 0 Å². The third-order valence-electron chi connectivity index (χ3n) is 3.21. The molecule has 19 heavy (non-hydrogen) atoms. The number of halogens is 2. The number of ketones is 1. The van der Waals surface area contributed by atoms with Gasteiger partial charge >= 0.3 is 0 Å². The summed E-state index contributed by atoms with van der Waals surface area (Å²) in [6.07, 6.45) is 0.0227. The summed E-state index contributed by atoms with van der Waals surface area (Å²) in [6, 6.07) is 10.2. The van der Waals surface area contributed by atoms with Crippen LogP contribution >= 0.6 is 11.6 Å². The molecule has 0 aromatic heterocycles. The van der Waals surface area contributed by atoms with Gasteiger partial charge in [-0.05, 0) is 42.7 Å². The minimum atomic E-state index is -0.513. The number of hydrogen-bond donors (Lipinski definition) is 0. The molecule has 0 spiro atoms. The lowest BCUT2D eigenvalue weighted by Crippen LogP contribution is -2.06. The van der Waals surface area contributed by atoms with Crippen LogP contribution in [-0.2, 0) is 6.42 Å². The molecule has 0 saturated heterocycles. The SMILES string of the molecule is Cc1ccc(C(=O)Cc2cccc(Cl)c2F)cc1C. The second-order valence-electron chi connectivity index (χ2n) is 4.61. The van der Waals surface area contributed by atoms with Gasteiger partial charge in [0.2, 0.25) is 0 Å². The fraction of sp³-hybridized carbons (Fsp3) is 0.188. The number of carbonyl (C=O) groups excluding carboxylic acids is 1. The van der Waals surface area contributed by atoms with Gasteiger partial charge in [-0.1, -0.05) is 35.9 Å². The fourth-order valence-electron chi connectivity index (χ4n) is 1.87. The maximum Gasteiger partial charge on any atom is 0.167 e. The highest BCUT2D eigenvalue weighted by molar-refractivity contribution is 6.30. The Morgan fingerprint density at radius 3 is 2.58 bits per heavy atom. The molecule has 2 aromatic rings. The van der Waals surface area contributed by atoms with Crippen molar-refractivity contribution >= 4 is 17.4 Å². The summed E-state index contributed by atoms with van der Waals surface area (Å²) in [7, 11) is 0. The lowest BCUT2D eigenvalue weighted by molar-refractivity contribution is 0.0992. The van der Waals surface area contributed by atoms with Gasteiger partial charge in [-0.25, -0.2) is 4.39 Å². The average molecular weight is 277 g/mol. The van der Waals surface area contributed by atoms with E-state index in [1.165, 1.54) is 6.07 Å². The van der Waals surface area contributed by atoms with Crippen LogP contribution in [0.4, 0.5) is 4.39 Å². The zero-order valence-electron chi connectivity index (χ0n) is 10.8. The van der Waals surface area contributed by atoms with Crippen molar-refractivity contribution < 1.29 is 9.18 Å². The quantitative estimate of drug-likeness (QED) is 0.753. The summed E-state index contributed by atoms with van der Waals surface area (Å²) in [4.78, 5) is 12.1. The summed E-state index contributed by atoms with van der Waals surface area (Å²) in [5.74, 6) is -0.620. The predicted octanol–water partition coefficient (Wildman–Crippen LogP) is 4.52. The number of hydrogen-bond acceptors (Lipinski definition) is 1. The Kier molecular flexibility index (Phi) is 4.01. The molecule has 0 radical (unpaired) electrons. The molecule has 0 aliphatic rings. The first kappa shape index (κ1) is 13.8. The zero-order chi connectivity index (χ0) is 14.0. The third kappa shape index (κ3) is 3.02. The normalized spacial score (nSPS) is 10.5. The topological polar surface area (TPSA) is 17.1 Å². The fourth-order valence-corrected chi connectivity index (χ4v) is 2.07. The van der Waals surface area contributed by atoms with E-state index in [-0.39, 0.29) is 17.2 Å². The Balaban J connectivity index is 2.26. The number of aryl methyl sites for hydroxylation is 2. The summed E-state index contributed by atoms with van der Waals surface area (Å²) in [6.45, 7) is 3.94. The summed E-state index contributed by atoms with van der Waals surface area (Å²) < 4.78 is 13.7. The molecule has 0 aliphatic carbocycles. The Labute approximate surface area is 117 Å². The van der Waals surface area contributed by atoms with Crippen molar-refractivity contribution in [3.05, 3.63) is 69.5 Å². The highest BCUT2D eigenvalue weighted by atomic mass is 35.5. The van der Waals surface area contributed by atoms with Crippen LogP contribution in [0, 0.1) is 19.7 Å². The van der Waals surface area contributed by atoms with Crippen LogP contribution in [0.1, 0.15) is 27.0 Å². The van der Waals surface area contributed by atoms with Gasteiger partial charge in [-0.15, -0.1) is 0 Å². The highest BCUT2D eigenvalue weighted by Gasteiger charge is 2.12. The van der Waals surface area contributed by atoms with Gasteiger partial charge in [0.1, 0.15) is 5.82 Å². The van der Waals surface area contributed by atoms with E-state index < -0.39 is 5.82 Å². The van der Waals surface area contributed by atoms with E-state index in [2.05, 4.69) is 0 Å². The van der Waals surface area contributed by atoms with E-state index in [0.29, 0.717) is 11.1 Å². The molecule has 0 amide bonds. The predicted molar refractivity (Wildman–Crippen MR) is 75.4 cm³/mol. The van der Waals surface area contributed by atoms with Gasteiger partial charge in [-0.3, -0.25) is 4.79 Å². The molecule has 0 heterocycles. The standard InChI is InChI=1S/C16H14ClFO/c1-10-6-7-12(8-11(10)2)15(19)9-13-4-3-5-14(17)16(13)18/h3-8H,9H2,1-2H3. The lowest BCUT2D eigenvalue weighted by Gasteiger charge is -2.06. The summed E-state index contributed by atoms with van der Waals surface area (Å²) in [5, 5.41) is 0.0467. The maximum absolute atomic E-state index is 13.7. The average Bonchev–Trinajstić information content (AvgIpc) is 2.38. The van der Waals surface area contributed by atoms with Crippen LogP contribution < -0.4 is 0 Å². The van der Waals surface area contributed by atoms with Crippen LogP contribution in [0.5, 0.6) is 0 Å². The molecule has 0 atom stereocenters. The van der Waals surface area contributed by atoms with Gasteiger partial charge < -0.3 is 0 Å². The summed E-state index contributed by atoms with van der Waals surface area (Å²) in [5.41, 5.74) is 3.11. The molecule has 2 rings (SSSR count). The second kappa shape index (κ2) is 5.54. The second-order valence-corrected chi connectivity index (χ2v) is 5.02. The van der Waals surface area contributed by atoms with Crippen LogP contribution in [0.25, 0.3) is 0 Å². The lowest BCUT2D eigenvalue weighted by atomic mass is 9.99. The zero-order valence-corrected chi connectivity index (χ0v) is 11.6. The van der Waals surface area contributed by atoms with E-state index in [4.69, 9.17) is 11.6 Å². The molecule has 0 N–H and O–H groups in total. The van der Waals surface area contributed by atoms with E-state index in [1.807, 2.05) is 26.0 Å². The number of Topliss-reactive ketones (excluding diaryl/α,β-unsaturated/α-hetero) is 1. The number of benzene rings is 2. The van der Waals surface area contributed by atoms with Crippen molar-refractivity contribution in [2.24, 2.45) is 0 Å². The van der Waals surface area contributed by atoms with Crippen LogP contribution in [0.15, 0.2) is 36.4 Å². The molecule has 0 saturated carbocycles. The number of rotatable bonds is 3. The summed E-state index contributed by atoms with van der Waals surface area (Å²) >= 11 is 5.70. The third-order valence-corrected chi connectivity index (χ3v) is 3.50. The first-order valence-electron chi connectivity index (χ1n) is 6.02. The van der Waals surface area contributed by atoms with Gasteiger partial charge in [0, 0.05) is 12.0 Å². The van der Waals surface area contributed by atoms with E-state index >= 15 is 0 Å². The van der Waals surface area contributed by atoms with Crippen LogP contribution in [-0.4, -0.2) is 5.78 Å². The Hall–Kier alpha value is -1.67. The Bertz CT molecular complexity index is 635.